The summed E-state index contributed by atoms with van der Waals surface area (Å²) in [4.78, 5) is 12.1. The van der Waals surface area contributed by atoms with Gasteiger partial charge in [-0.1, -0.05) is 26.8 Å². The molecule has 0 bridgehead atoms. The summed E-state index contributed by atoms with van der Waals surface area (Å²) in [6, 6.07) is 5.20. The van der Waals surface area contributed by atoms with Gasteiger partial charge in [-0.25, -0.2) is 21.6 Å². The molecule has 0 aliphatic rings. The van der Waals surface area contributed by atoms with E-state index in [1.54, 1.807) is 27.7 Å². The van der Waals surface area contributed by atoms with Gasteiger partial charge in [-0.05, 0) is 30.0 Å². The Bertz CT molecular complexity index is 1060. The van der Waals surface area contributed by atoms with Crippen LogP contribution in [0, 0.1) is 17.5 Å². The molecule has 31 heavy (non-hydrogen) atoms. The molecule has 0 aliphatic heterocycles. The van der Waals surface area contributed by atoms with Gasteiger partial charge in [0.1, 0.15) is 23.2 Å². The number of rotatable bonds is 7. The second-order valence-electron chi connectivity index (χ2n) is 8.20. The fourth-order valence-corrected chi connectivity index (χ4v) is 3.51. The highest BCUT2D eigenvalue weighted by molar-refractivity contribution is 7.92. The first-order valence-electron chi connectivity index (χ1n) is 9.36. The zero-order chi connectivity index (χ0) is 23.6. The highest BCUT2D eigenvalue weighted by Crippen LogP contribution is 2.30. The van der Waals surface area contributed by atoms with Crippen molar-refractivity contribution in [1.82, 2.24) is 5.32 Å². The van der Waals surface area contributed by atoms with Crippen LogP contribution in [0.2, 0.25) is 0 Å². The van der Waals surface area contributed by atoms with Crippen molar-refractivity contribution in [1.29, 1.82) is 0 Å². The molecule has 2 aromatic carbocycles. The van der Waals surface area contributed by atoms with Crippen molar-refractivity contribution < 1.29 is 31.1 Å². The first kappa shape index (κ1) is 24.5. The molecule has 2 N–H and O–H groups in total. The smallest absolute Gasteiger partial charge is 0.258 e. The van der Waals surface area contributed by atoms with Crippen molar-refractivity contribution in [2.75, 3.05) is 17.6 Å². The number of amides is 1. The van der Waals surface area contributed by atoms with Gasteiger partial charge in [0.25, 0.3) is 5.91 Å². The van der Waals surface area contributed by atoms with Crippen molar-refractivity contribution in [3.05, 3.63) is 58.9 Å². The number of nitrogens with one attached hydrogen (secondary N) is 2. The van der Waals surface area contributed by atoms with Gasteiger partial charge in [0.15, 0.2) is 6.61 Å². The van der Waals surface area contributed by atoms with Crippen molar-refractivity contribution in [3.8, 4) is 5.75 Å². The summed E-state index contributed by atoms with van der Waals surface area (Å²) in [5, 5.41) is 2.57. The summed E-state index contributed by atoms with van der Waals surface area (Å²) in [5.41, 5.74) is -0.637. The van der Waals surface area contributed by atoms with E-state index in [0.29, 0.717) is 5.56 Å². The third kappa shape index (κ3) is 6.88. The minimum atomic E-state index is -3.63. The van der Waals surface area contributed by atoms with E-state index in [4.69, 9.17) is 4.74 Å². The van der Waals surface area contributed by atoms with Gasteiger partial charge in [-0.15, -0.1) is 0 Å². The predicted molar refractivity (Wildman–Crippen MR) is 112 cm³/mol. The summed E-state index contributed by atoms with van der Waals surface area (Å²) in [5.74, 6) is -3.06. The van der Waals surface area contributed by atoms with Crippen LogP contribution in [-0.4, -0.2) is 27.2 Å². The SMILES string of the molecule is CC(NC(=O)COc1cc(F)c(C(C)(C)C)c(F)c1)c1ccc(NS(C)(=O)=O)c(F)c1. The van der Waals surface area contributed by atoms with Gasteiger partial charge in [0.2, 0.25) is 10.0 Å². The van der Waals surface area contributed by atoms with E-state index in [1.807, 2.05) is 4.72 Å². The molecule has 2 aromatic rings. The normalized spacial score (nSPS) is 12.9. The molecular formula is C21H25F3N2O4S. The Morgan fingerprint density at radius 1 is 1.06 bits per heavy atom. The number of carbonyl (C=O) groups is 1. The van der Waals surface area contributed by atoms with Crippen LogP contribution in [0.4, 0.5) is 18.9 Å². The number of hydrogen-bond acceptors (Lipinski definition) is 4. The van der Waals surface area contributed by atoms with Crippen LogP contribution >= 0.6 is 0 Å². The van der Waals surface area contributed by atoms with Gasteiger partial charge < -0.3 is 10.1 Å². The molecule has 6 nitrogen and oxygen atoms in total. The van der Waals surface area contributed by atoms with E-state index in [9.17, 15) is 26.4 Å². The average Bonchev–Trinajstić information content (AvgIpc) is 2.58. The summed E-state index contributed by atoms with van der Waals surface area (Å²) in [6.07, 6.45) is 0.900. The summed E-state index contributed by atoms with van der Waals surface area (Å²) >= 11 is 0. The molecule has 170 valence electrons. The van der Waals surface area contributed by atoms with E-state index >= 15 is 0 Å². The molecule has 1 amide bonds. The summed E-state index contributed by atoms with van der Waals surface area (Å²) in [7, 11) is -3.63. The van der Waals surface area contributed by atoms with Crippen LogP contribution in [0.25, 0.3) is 0 Å². The monoisotopic (exact) mass is 458 g/mol. The molecule has 0 fully saturated rings. The Morgan fingerprint density at radius 3 is 2.13 bits per heavy atom. The number of benzene rings is 2. The highest BCUT2D eigenvalue weighted by atomic mass is 32.2. The number of ether oxygens (including phenoxy) is 1. The van der Waals surface area contributed by atoms with Crippen LogP contribution in [0.3, 0.4) is 0 Å². The molecule has 0 heterocycles. The maximum atomic E-state index is 14.2. The third-order valence-corrected chi connectivity index (χ3v) is 4.89. The highest BCUT2D eigenvalue weighted by Gasteiger charge is 2.24. The van der Waals surface area contributed by atoms with Gasteiger partial charge in [-0.3, -0.25) is 9.52 Å². The summed E-state index contributed by atoms with van der Waals surface area (Å²) in [6.45, 7) is 6.12. The van der Waals surface area contributed by atoms with Crippen molar-refractivity contribution in [3.63, 3.8) is 0 Å². The molecule has 10 heteroatoms. The number of anilines is 1. The maximum absolute atomic E-state index is 14.2. The second-order valence-corrected chi connectivity index (χ2v) is 9.95. The van der Waals surface area contributed by atoms with Crippen LogP contribution in [0.15, 0.2) is 30.3 Å². The van der Waals surface area contributed by atoms with Crippen molar-refractivity contribution >= 4 is 21.6 Å². The molecule has 1 atom stereocenters. The van der Waals surface area contributed by atoms with Crippen LogP contribution in [-0.2, 0) is 20.2 Å². The van der Waals surface area contributed by atoms with Crippen LogP contribution in [0.1, 0.15) is 44.9 Å². The Kier molecular flexibility index (Phi) is 7.25. The van der Waals surface area contributed by atoms with Gasteiger partial charge >= 0.3 is 0 Å². The number of hydrogen-bond donors (Lipinski definition) is 2. The number of carbonyl (C=O) groups excluding carboxylic acids is 1. The van der Waals surface area contributed by atoms with E-state index in [1.165, 1.54) is 12.1 Å². The first-order valence-corrected chi connectivity index (χ1v) is 11.3. The van der Waals surface area contributed by atoms with Gasteiger partial charge in [0, 0.05) is 17.7 Å². The second kappa shape index (κ2) is 9.17. The molecule has 0 spiro atoms. The average molecular weight is 459 g/mol. The maximum Gasteiger partial charge on any atom is 0.258 e. The molecule has 0 aliphatic carbocycles. The van der Waals surface area contributed by atoms with E-state index < -0.39 is 51.4 Å². The first-order chi connectivity index (χ1) is 14.2. The third-order valence-electron chi connectivity index (χ3n) is 4.30. The Balaban J connectivity index is 2.01. The predicted octanol–water partition coefficient (Wildman–Crippen LogP) is 4.03. The Labute approximate surface area is 179 Å². The quantitative estimate of drug-likeness (QED) is 0.656. The molecule has 0 saturated carbocycles. The van der Waals surface area contributed by atoms with Gasteiger partial charge in [-0.2, -0.15) is 0 Å². The molecule has 0 aromatic heterocycles. The zero-order valence-electron chi connectivity index (χ0n) is 17.8. The minimum absolute atomic E-state index is 0.0752. The largest absolute Gasteiger partial charge is 0.484 e. The lowest BCUT2D eigenvalue weighted by Crippen LogP contribution is -2.31. The van der Waals surface area contributed by atoms with Crippen molar-refractivity contribution in [2.24, 2.45) is 0 Å². The molecular weight excluding hydrogens is 433 g/mol. The lowest BCUT2D eigenvalue weighted by Gasteiger charge is -2.21. The molecule has 2 rings (SSSR count). The number of sulfonamides is 1. The molecule has 1 unspecified atom stereocenters. The molecule has 0 radical (unpaired) electrons. The van der Waals surface area contributed by atoms with E-state index in [2.05, 4.69) is 5.32 Å². The van der Waals surface area contributed by atoms with Crippen LogP contribution in [0.5, 0.6) is 5.75 Å². The van der Waals surface area contributed by atoms with E-state index in [-0.39, 0.29) is 17.0 Å². The lowest BCUT2D eigenvalue weighted by molar-refractivity contribution is -0.123. The van der Waals surface area contributed by atoms with E-state index in [0.717, 1.165) is 24.5 Å². The lowest BCUT2D eigenvalue weighted by atomic mass is 9.86. The minimum Gasteiger partial charge on any atom is -0.484 e. The number of halogens is 3. The fourth-order valence-electron chi connectivity index (χ4n) is 2.95. The zero-order valence-corrected chi connectivity index (χ0v) is 18.7. The Morgan fingerprint density at radius 2 is 1.65 bits per heavy atom. The van der Waals surface area contributed by atoms with Crippen molar-refractivity contribution in [2.45, 2.75) is 39.2 Å². The van der Waals surface area contributed by atoms with Gasteiger partial charge in [0.05, 0.1) is 18.0 Å². The fraction of sp³-hybridized carbons (Fsp3) is 0.381. The standard InChI is InChI=1S/C21H25F3N2O4S/c1-12(13-6-7-18(15(22)8-13)26-31(5,28)29)25-19(27)11-30-14-9-16(23)20(17(24)10-14)21(2,3)4/h6-10,12,26H,11H2,1-5H3,(H,25,27). The molecule has 0 saturated heterocycles. The Hall–Kier alpha value is -2.75. The summed E-state index contributed by atoms with van der Waals surface area (Å²) < 4.78 is 72.3. The topological polar surface area (TPSA) is 84.5 Å². The van der Waals surface area contributed by atoms with Crippen LogP contribution < -0.4 is 14.8 Å².